The molecule has 1 fully saturated rings. The molecule has 2 aromatic rings. The van der Waals surface area contributed by atoms with Crippen molar-refractivity contribution in [2.75, 3.05) is 20.1 Å². The Hall–Kier alpha value is -1.08. The maximum atomic E-state index is 12.3. The average Bonchev–Trinajstić information content (AvgIpc) is 3.18. The number of carbonyl (C=O) groups is 1. The van der Waals surface area contributed by atoms with E-state index in [1.165, 1.54) is 0 Å². The Bertz CT molecular complexity index is 598. The lowest BCUT2D eigenvalue weighted by atomic mass is 10.0. The molecule has 8 heteroatoms. The van der Waals surface area contributed by atoms with Gasteiger partial charge in [-0.1, -0.05) is 6.07 Å². The van der Waals surface area contributed by atoms with E-state index in [-0.39, 0.29) is 30.7 Å². The maximum Gasteiger partial charge on any atom is 0.236 e. The monoisotopic (exact) mass is 377 g/mol. The van der Waals surface area contributed by atoms with E-state index >= 15 is 0 Å². The van der Waals surface area contributed by atoms with Crippen LogP contribution in [-0.2, 0) is 11.2 Å². The number of nitrogens with zero attached hydrogens (tertiary/aromatic N) is 2. The van der Waals surface area contributed by atoms with Crippen molar-refractivity contribution in [3.05, 3.63) is 29.5 Å². The van der Waals surface area contributed by atoms with E-state index in [2.05, 4.69) is 10.3 Å². The molecule has 0 unspecified atom stereocenters. The van der Waals surface area contributed by atoms with Gasteiger partial charge in [-0.3, -0.25) is 4.79 Å². The Morgan fingerprint density at radius 1 is 1.43 bits per heavy atom. The quantitative estimate of drug-likeness (QED) is 0.889. The van der Waals surface area contributed by atoms with E-state index in [1.807, 2.05) is 29.5 Å². The third-order valence-electron chi connectivity index (χ3n) is 3.87. The van der Waals surface area contributed by atoms with Crippen LogP contribution in [-0.4, -0.2) is 42.0 Å². The standard InChI is InChI=1S/C15H19N3O2S.2ClH/c1-18(12-4-6-16-7-5-12)14(19)9-11-10-20-15(17-11)13-3-2-8-21-13;;/h2-3,8,10,12,16H,4-7,9H2,1H3;2*1H. The lowest BCUT2D eigenvalue weighted by Gasteiger charge is -2.31. The number of halogens is 2. The third-order valence-corrected chi connectivity index (χ3v) is 4.72. The second-order valence-electron chi connectivity index (χ2n) is 5.28. The molecule has 0 bridgehead atoms. The van der Waals surface area contributed by atoms with Crippen molar-refractivity contribution in [3.63, 3.8) is 0 Å². The molecule has 3 heterocycles. The third kappa shape index (κ3) is 4.94. The summed E-state index contributed by atoms with van der Waals surface area (Å²) in [4.78, 5) is 19.6. The zero-order valence-electron chi connectivity index (χ0n) is 12.9. The highest BCUT2D eigenvalue weighted by atomic mass is 35.5. The molecule has 1 N–H and O–H groups in total. The fraction of sp³-hybridized carbons (Fsp3) is 0.467. The molecule has 2 aromatic heterocycles. The Morgan fingerprint density at radius 3 is 2.83 bits per heavy atom. The van der Waals surface area contributed by atoms with Crippen LogP contribution < -0.4 is 5.32 Å². The predicted octanol–water partition coefficient (Wildman–Crippen LogP) is 3.00. The van der Waals surface area contributed by atoms with Crippen molar-refractivity contribution in [1.29, 1.82) is 0 Å². The summed E-state index contributed by atoms with van der Waals surface area (Å²) in [7, 11) is 1.89. The first-order valence-corrected chi connectivity index (χ1v) is 8.06. The van der Waals surface area contributed by atoms with Crippen molar-refractivity contribution in [2.45, 2.75) is 25.3 Å². The summed E-state index contributed by atoms with van der Waals surface area (Å²) in [6.45, 7) is 1.96. The van der Waals surface area contributed by atoms with Gasteiger partial charge in [0.25, 0.3) is 0 Å². The fourth-order valence-corrected chi connectivity index (χ4v) is 3.23. The van der Waals surface area contributed by atoms with Crippen LogP contribution in [0.15, 0.2) is 28.2 Å². The molecule has 1 amide bonds. The lowest BCUT2D eigenvalue weighted by molar-refractivity contribution is -0.131. The summed E-state index contributed by atoms with van der Waals surface area (Å²) in [5.74, 6) is 0.699. The molecule has 23 heavy (non-hydrogen) atoms. The average molecular weight is 378 g/mol. The topological polar surface area (TPSA) is 58.4 Å². The van der Waals surface area contributed by atoms with Crippen molar-refractivity contribution in [3.8, 4) is 10.8 Å². The summed E-state index contributed by atoms with van der Waals surface area (Å²) in [6, 6.07) is 4.26. The van der Waals surface area contributed by atoms with E-state index < -0.39 is 0 Å². The van der Waals surface area contributed by atoms with Crippen molar-refractivity contribution < 1.29 is 9.21 Å². The smallest absolute Gasteiger partial charge is 0.236 e. The van der Waals surface area contributed by atoms with Gasteiger partial charge in [-0.25, -0.2) is 4.98 Å². The normalized spacial score (nSPS) is 14.7. The van der Waals surface area contributed by atoms with E-state index in [9.17, 15) is 4.79 Å². The summed E-state index contributed by atoms with van der Waals surface area (Å²) in [5.41, 5.74) is 0.698. The van der Waals surface area contributed by atoms with E-state index in [1.54, 1.807) is 17.6 Å². The Balaban J connectivity index is 0.00000132. The summed E-state index contributed by atoms with van der Waals surface area (Å²) in [6.07, 6.45) is 3.92. The molecular weight excluding hydrogens is 357 g/mol. The Morgan fingerprint density at radius 2 is 2.17 bits per heavy atom. The molecule has 1 aliphatic rings. The van der Waals surface area contributed by atoms with Gasteiger partial charge in [-0.05, 0) is 37.4 Å². The molecule has 0 aliphatic carbocycles. The van der Waals surface area contributed by atoms with Crippen LogP contribution in [0.2, 0.25) is 0 Å². The number of hydrogen-bond acceptors (Lipinski definition) is 5. The first-order chi connectivity index (χ1) is 10.2. The number of hydrogen-bond donors (Lipinski definition) is 1. The van der Waals surface area contributed by atoms with Gasteiger partial charge in [-0.15, -0.1) is 36.2 Å². The molecular formula is C15H21Cl2N3O2S. The molecule has 0 aromatic carbocycles. The van der Waals surface area contributed by atoms with Crippen molar-refractivity contribution in [2.24, 2.45) is 0 Å². The number of piperidine rings is 1. The van der Waals surface area contributed by atoms with E-state index in [0.29, 0.717) is 24.0 Å². The number of aromatic nitrogens is 1. The Kier molecular flexibility index (Phi) is 8.05. The van der Waals surface area contributed by atoms with Gasteiger partial charge in [0.1, 0.15) is 6.26 Å². The van der Waals surface area contributed by atoms with E-state index in [0.717, 1.165) is 30.8 Å². The van der Waals surface area contributed by atoms with Crippen LogP contribution in [0.3, 0.4) is 0 Å². The minimum absolute atomic E-state index is 0. The lowest BCUT2D eigenvalue weighted by Crippen LogP contribution is -2.44. The molecule has 5 nitrogen and oxygen atoms in total. The second-order valence-corrected chi connectivity index (χ2v) is 6.23. The highest BCUT2D eigenvalue weighted by molar-refractivity contribution is 7.13. The van der Waals surface area contributed by atoms with Crippen LogP contribution in [0.4, 0.5) is 0 Å². The van der Waals surface area contributed by atoms with Gasteiger partial charge < -0.3 is 14.6 Å². The SMILES string of the molecule is CN(C(=O)Cc1coc(-c2cccs2)n1)C1CCNCC1.Cl.Cl. The Labute approximate surface area is 152 Å². The molecule has 1 aliphatic heterocycles. The zero-order valence-corrected chi connectivity index (χ0v) is 15.3. The fourth-order valence-electron chi connectivity index (χ4n) is 2.58. The molecule has 3 rings (SSSR count). The van der Waals surface area contributed by atoms with Crippen LogP contribution in [0.1, 0.15) is 18.5 Å². The van der Waals surface area contributed by atoms with Crippen LogP contribution in [0.25, 0.3) is 10.8 Å². The number of thiophene rings is 1. The second kappa shape index (κ2) is 9.27. The minimum Gasteiger partial charge on any atom is -0.444 e. The van der Waals surface area contributed by atoms with Crippen LogP contribution in [0.5, 0.6) is 0 Å². The predicted molar refractivity (Wildman–Crippen MR) is 96.7 cm³/mol. The van der Waals surface area contributed by atoms with Crippen molar-refractivity contribution >= 4 is 42.1 Å². The summed E-state index contributed by atoms with van der Waals surface area (Å²) < 4.78 is 5.45. The number of amides is 1. The number of oxazole rings is 1. The van der Waals surface area contributed by atoms with Gasteiger partial charge >= 0.3 is 0 Å². The first-order valence-electron chi connectivity index (χ1n) is 7.18. The first kappa shape index (κ1) is 20.0. The number of likely N-dealkylation sites (N-methyl/N-ethyl adjacent to an activating group) is 1. The number of nitrogens with one attached hydrogen (secondary N) is 1. The minimum atomic E-state index is 0. The number of rotatable bonds is 4. The van der Waals surface area contributed by atoms with Gasteiger partial charge in [0.05, 0.1) is 17.0 Å². The molecule has 0 saturated carbocycles. The van der Waals surface area contributed by atoms with Gasteiger partial charge in [-0.2, -0.15) is 0 Å². The highest BCUT2D eigenvalue weighted by Crippen LogP contribution is 2.24. The molecule has 0 spiro atoms. The van der Waals surface area contributed by atoms with Gasteiger partial charge in [0.2, 0.25) is 11.8 Å². The maximum absolute atomic E-state index is 12.3. The molecule has 0 atom stereocenters. The largest absolute Gasteiger partial charge is 0.444 e. The molecule has 128 valence electrons. The summed E-state index contributed by atoms with van der Waals surface area (Å²) >= 11 is 1.58. The molecule has 0 radical (unpaired) electrons. The highest BCUT2D eigenvalue weighted by Gasteiger charge is 2.22. The van der Waals surface area contributed by atoms with Crippen molar-refractivity contribution in [1.82, 2.24) is 15.2 Å². The number of carbonyl (C=O) groups excluding carboxylic acids is 1. The van der Waals surface area contributed by atoms with Crippen LogP contribution >= 0.6 is 36.2 Å². The zero-order chi connectivity index (χ0) is 14.7. The van der Waals surface area contributed by atoms with Gasteiger partial charge in [0.15, 0.2) is 0 Å². The summed E-state index contributed by atoms with van der Waals surface area (Å²) in [5, 5.41) is 5.29. The van der Waals surface area contributed by atoms with E-state index in [4.69, 9.17) is 4.42 Å². The van der Waals surface area contributed by atoms with Crippen LogP contribution in [0, 0.1) is 0 Å². The van der Waals surface area contributed by atoms with Gasteiger partial charge in [0, 0.05) is 13.1 Å². The molecule has 1 saturated heterocycles.